The molecule has 0 aromatic heterocycles. The Balaban J connectivity index is 1.45. The molecule has 1 saturated heterocycles. The van der Waals surface area contributed by atoms with Crippen molar-refractivity contribution < 1.29 is 22.0 Å². The second-order valence-corrected chi connectivity index (χ2v) is 8.24. The quantitative estimate of drug-likeness (QED) is 0.440. The third-order valence-electron chi connectivity index (χ3n) is 6.10. The Morgan fingerprint density at radius 2 is 1.38 bits per heavy atom. The van der Waals surface area contributed by atoms with Gasteiger partial charge in [0.2, 0.25) is 5.96 Å². The van der Waals surface area contributed by atoms with E-state index < -0.39 is 17.6 Å². The van der Waals surface area contributed by atoms with Crippen LogP contribution in [0.3, 0.4) is 0 Å². The molecule has 2 heterocycles. The molecule has 0 radical (unpaired) electrons. The number of hydrogen-bond donors (Lipinski definition) is 0. The number of rotatable bonds is 2. The van der Waals surface area contributed by atoms with Gasteiger partial charge in [-0.2, -0.15) is 13.2 Å². The van der Waals surface area contributed by atoms with Crippen molar-refractivity contribution in [3.63, 3.8) is 0 Å². The molecule has 3 aromatic rings. The first-order chi connectivity index (χ1) is 16.3. The van der Waals surface area contributed by atoms with Crippen molar-refractivity contribution >= 4 is 23.0 Å². The van der Waals surface area contributed by atoms with E-state index in [1.54, 1.807) is 17.0 Å². The summed E-state index contributed by atoms with van der Waals surface area (Å²) in [6.45, 7) is 2.73. The van der Waals surface area contributed by atoms with Crippen molar-refractivity contribution in [2.24, 2.45) is 4.99 Å². The largest absolute Gasteiger partial charge is 0.419 e. The first-order valence-corrected chi connectivity index (χ1v) is 10.9. The smallest absolute Gasteiger partial charge is 0.368 e. The topological polar surface area (TPSA) is 22.1 Å². The van der Waals surface area contributed by atoms with E-state index >= 15 is 0 Å². The minimum atomic E-state index is -4.80. The van der Waals surface area contributed by atoms with Gasteiger partial charge in [-0.15, -0.1) is 0 Å². The average Bonchev–Trinajstić information content (AvgIpc) is 2.83. The standard InChI is InChI=1S/C25H21F5N4/c26-18-5-7-19(8-6-18)32-11-13-33(14-12-32)24-31-23-4-2-1-3-17(23)16-34(24)20-9-10-22(27)21(15-20)25(28,29)30/h1-10,15H,11-14,16H2. The predicted molar refractivity (Wildman–Crippen MR) is 121 cm³/mol. The Kier molecular flexibility index (Phi) is 5.63. The minimum Gasteiger partial charge on any atom is -0.368 e. The van der Waals surface area contributed by atoms with Gasteiger partial charge in [-0.25, -0.2) is 13.8 Å². The second kappa shape index (κ2) is 8.62. The molecule has 0 bridgehead atoms. The highest BCUT2D eigenvalue weighted by atomic mass is 19.4. The molecule has 0 unspecified atom stereocenters. The zero-order valence-corrected chi connectivity index (χ0v) is 18.1. The van der Waals surface area contributed by atoms with E-state index in [1.165, 1.54) is 18.2 Å². The second-order valence-electron chi connectivity index (χ2n) is 8.24. The van der Waals surface area contributed by atoms with Gasteiger partial charge in [0.25, 0.3) is 0 Å². The Labute approximate surface area is 193 Å². The molecule has 176 valence electrons. The first-order valence-electron chi connectivity index (χ1n) is 10.9. The maximum absolute atomic E-state index is 13.9. The number of benzene rings is 3. The van der Waals surface area contributed by atoms with Crippen LogP contribution in [0, 0.1) is 11.6 Å². The van der Waals surface area contributed by atoms with Crippen molar-refractivity contribution in [2.45, 2.75) is 12.7 Å². The molecule has 34 heavy (non-hydrogen) atoms. The fourth-order valence-corrected chi connectivity index (χ4v) is 4.33. The number of alkyl halides is 3. The van der Waals surface area contributed by atoms with Crippen LogP contribution in [0.2, 0.25) is 0 Å². The van der Waals surface area contributed by atoms with Crippen LogP contribution in [-0.4, -0.2) is 37.0 Å². The number of nitrogens with zero attached hydrogens (tertiary/aromatic N) is 4. The highest BCUT2D eigenvalue weighted by molar-refractivity contribution is 5.99. The molecule has 0 spiro atoms. The summed E-state index contributed by atoms with van der Waals surface area (Å²) in [5, 5.41) is 0. The molecule has 9 heteroatoms. The lowest BCUT2D eigenvalue weighted by molar-refractivity contribution is -0.139. The third-order valence-corrected chi connectivity index (χ3v) is 6.10. The van der Waals surface area contributed by atoms with Crippen LogP contribution < -0.4 is 9.80 Å². The van der Waals surface area contributed by atoms with Crippen molar-refractivity contribution in [1.82, 2.24) is 4.90 Å². The summed E-state index contributed by atoms with van der Waals surface area (Å²) in [5.74, 6) is -1.08. The SMILES string of the molecule is Fc1ccc(N2CCN(C3=Nc4ccccc4CN3c3ccc(F)c(C(F)(F)F)c3)CC2)cc1. The molecular formula is C25H21F5N4. The normalized spacial score (nSPS) is 16.4. The maximum atomic E-state index is 13.9. The molecule has 3 aromatic carbocycles. The van der Waals surface area contributed by atoms with Crippen LogP contribution >= 0.6 is 0 Å². The lowest BCUT2D eigenvalue weighted by Crippen LogP contribution is -2.54. The summed E-state index contributed by atoms with van der Waals surface area (Å²) >= 11 is 0. The van der Waals surface area contributed by atoms with Crippen LogP contribution in [0.15, 0.2) is 71.7 Å². The van der Waals surface area contributed by atoms with Gasteiger partial charge < -0.3 is 14.7 Å². The van der Waals surface area contributed by atoms with Gasteiger partial charge in [-0.1, -0.05) is 18.2 Å². The van der Waals surface area contributed by atoms with Crippen molar-refractivity contribution in [3.8, 4) is 0 Å². The van der Waals surface area contributed by atoms with E-state index in [9.17, 15) is 22.0 Å². The van der Waals surface area contributed by atoms with E-state index in [0.717, 1.165) is 29.1 Å². The van der Waals surface area contributed by atoms with E-state index in [4.69, 9.17) is 4.99 Å². The summed E-state index contributed by atoms with van der Waals surface area (Å²) in [6.07, 6.45) is -4.80. The highest BCUT2D eigenvalue weighted by Gasteiger charge is 2.36. The van der Waals surface area contributed by atoms with Gasteiger partial charge in [0.1, 0.15) is 11.6 Å². The summed E-state index contributed by atoms with van der Waals surface area (Å²) in [7, 11) is 0. The van der Waals surface area contributed by atoms with E-state index in [2.05, 4.69) is 4.90 Å². The fourth-order valence-electron chi connectivity index (χ4n) is 4.33. The molecule has 5 rings (SSSR count). The van der Waals surface area contributed by atoms with E-state index in [1.807, 2.05) is 29.2 Å². The summed E-state index contributed by atoms with van der Waals surface area (Å²) in [6, 6.07) is 16.8. The maximum Gasteiger partial charge on any atom is 0.419 e. The molecule has 0 atom stereocenters. The summed E-state index contributed by atoms with van der Waals surface area (Å²) in [5.41, 5.74) is 1.46. The van der Waals surface area contributed by atoms with Crippen molar-refractivity contribution in [2.75, 3.05) is 36.0 Å². The number of piperazine rings is 1. The van der Waals surface area contributed by atoms with Crippen molar-refractivity contribution in [3.05, 3.63) is 89.5 Å². The molecule has 0 saturated carbocycles. The molecule has 0 amide bonds. The lowest BCUT2D eigenvalue weighted by atomic mass is 10.1. The Bertz CT molecular complexity index is 1210. The number of halogens is 5. The third kappa shape index (κ3) is 4.30. The Morgan fingerprint density at radius 1 is 0.735 bits per heavy atom. The predicted octanol–water partition coefficient (Wildman–Crippen LogP) is 5.81. The molecule has 0 N–H and O–H groups in total. The molecule has 1 fully saturated rings. The Morgan fingerprint density at radius 3 is 2.09 bits per heavy atom. The minimum absolute atomic E-state index is 0.225. The first kappa shape index (κ1) is 22.2. The van der Waals surface area contributed by atoms with Gasteiger partial charge in [-0.05, 0) is 54.1 Å². The van der Waals surface area contributed by atoms with Crippen LogP contribution in [0.1, 0.15) is 11.1 Å². The molecule has 2 aliphatic heterocycles. The monoisotopic (exact) mass is 472 g/mol. The van der Waals surface area contributed by atoms with Crippen LogP contribution in [0.4, 0.5) is 39.0 Å². The van der Waals surface area contributed by atoms with Crippen LogP contribution in [-0.2, 0) is 12.7 Å². The van der Waals surface area contributed by atoms with E-state index in [0.29, 0.717) is 38.7 Å². The average molecular weight is 472 g/mol. The van der Waals surface area contributed by atoms with Gasteiger partial charge in [0.15, 0.2) is 0 Å². The molecule has 0 aliphatic carbocycles. The van der Waals surface area contributed by atoms with Gasteiger partial charge in [-0.3, -0.25) is 0 Å². The highest BCUT2D eigenvalue weighted by Crippen LogP contribution is 2.36. The zero-order chi connectivity index (χ0) is 23.9. The summed E-state index contributed by atoms with van der Waals surface area (Å²) < 4.78 is 67.4. The van der Waals surface area contributed by atoms with Gasteiger partial charge >= 0.3 is 6.18 Å². The Hall–Kier alpha value is -3.62. The van der Waals surface area contributed by atoms with Gasteiger partial charge in [0.05, 0.1) is 17.8 Å². The number of guanidine groups is 1. The van der Waals surface area contributed by atoms with E-state index in [-0.39, 0.29) is 11.5 Å². The summed E-state index contributed by atoms with van der Waals surface area (Å²) in [4.78, 5) is 10.6. The number of aliphatic imine (C=N–C) groups is 1. The van der Waals surface area contributed by atoms with Crippen molar-refractivity contribution in [1.29, 1.82) is 0 Å². The number of anilines is 2. The van der Waals surface area contributed by atoms with Crippen LogP contribution in [0.25, 0.3) is 0 Å². The lowest BCUT2D eigenvalue weighted by Gasteiger charge is -2.42. The molecular weight excluding hydrogens is 451 g/mol. The zero-order valence-electron chi connectivity index (χ0n) is 18.1. The molecule has 2 aliphatic rings. The molecule has 4 nitrogen and oxygen atoms in total. The number of hydrogen-bond acceptors (Lipinski definition) is 4. The van der Waals surface area contributed by atoms with Gasteiger partial charge in [0, 0.05) is 37.6 Å². The number of fused-ring (bicyclic) bond motifs is 1. The van der Waals surface area contributed by atoms with Crippen LogP contribution in [0.5, 0.6) is 0 Å². The fraction of sp³-hybridized carbons (Fsp3) is 0.240. The number of para-hydroxylation sites is 1.